The molecule has 194 valence electrons. The van der Waals surface area contributed by atoms with Gasteiger partial charge in [-0.1, -0.05) is 0 Å². The molecule has 0 atom stereocenters. The molecule has 36 heavy (non-hydrogen) atoms. The minimum absolute atomic E-state index is 0.106. The Balaban J connectivity index is 1.92. The number of rotatable bonds is 5. The second kappa shape index (κ2) is 8.76. The van der Waals surface area contributed by atoms with Gasteiger partial charge in [-0.15, -0.1) is 0 Å². The predicted molar refractivity (Wildman–Crippen MR) is 108 cm³/mol. The van der Waals surface area contributed by atoms with Crippen molar-refractivity contribution in [2.75, 3.05) is 4.90 Å². The summed E-state index contributed by atoms with van der Waals surface area (Å²) in [6.07, 6.45) is -3.35. The molecular formula is C20H15F6N3O6S. The zero-order valence-corrected chi connectivity index (χ0v) is 19.0. The molecule has 0 spiro atoms. The van der Waals surface area contributed by atoms with E-state index in [1.165, 1.54) is 13.8 Å². The summed E-state index contributed by atoms with van der Waals surface area (Å²) in [7, 11) is -5.67. The van der Waals surface area contributed by atoms with E-state index >= 15 is 0 Å². The summed E-state index contributed by atoms with van der Waals surface area (Å²) in [5.41, 5.74) is -7.53. The van der Waals surface area contributed by atoms with E-state index in [2.05, 4.69) is 9.72 Å². The average molecular weight is 539 g/mol. The van der Waals surface area contributed by atoms with Crippen molar-refractivity contribution >= 4 is 33.4 Å². The summed E-state index contributed by atoms with van der Waals surface area (Å²) in [6.45, 7) is 2.09. The predicted octanol–water partition coefficient (Wildman–Crippen LogP) is 3.59. The number of benzene rings is 1. The van der Waals surface area contributed by atoms with E-state index in [-0.39, 0.29) is 11.3 Å². The highest BCUT2D eigenvalue weighted by Crippen LogP contribution is 2.36. The molecule has 1 aliphatic heterocycles. The molecule has 0 unspecified atom stereocenters. The van der Waals surface area contributed by atoms with Crippen LogP contribution in [0, 0.1) is 0 Å². The van der Waals surface area contributed by atoms with Crippen LogP contribution in [-0.4, -0.2) is 53.4 Å². The average Bonchev–Trinajstić information content (AvgIpc) is 2.93. The van der Waals surface area contributed by atoms with Gasteiger partial charge in [-0.3, -0.25) is 9.78 Å². The van der Waals surface area contributed by atoms with Crippen LogP contribution in [0.5, 0.6) is 5.75 Å². The molecule has 3 rings (SSSR count). The Bertz CT molecular complexity index is 1320. The molecule has 0 N–H and O–H groups in total. The first-order valence-corrected chi connectivity index (χ1v) is 11.2. The van der Waals surface area contributed by atoms with Crippen LogP contribution in [0.25, 0.3) is 0 Å². The minimum atomic E-state index is -5.67. The smallest absolute Gasteiger partial charge is 0.418 e. The molecule has 0 aliphatic carbocycles. The van der Waals surface area contributed by atoms with Crippen LogP contribution < -0.4 is 9.64 Å². The maximum atomic E-state index is 13.1. The molecule has 1 fully saturated rings. The van der Waals surface area contributed by atoms with Crippen molar-refractivity contribution in [3.05, 3.63) is 48.3 Å². The largest absolute Gasteiger partial charge is 0.501 e. The van der Waals surface area contributed by atoms with Crippen LogP contribution in [0.3, 0.4) is 0 Å². The van der Waals surface area contributed by atoms with Crippen LogP contribution in [0.4, 0.5) is 36.8 Å². The highest BCUT2D eigenvalue weighted by Gasteiger charge is 2.52. The van der Waals surface area contributed by atoms with Crippen molar-refractivity contribution in [1.82, 2.24) is 9.88 Å². The lowest BCUT2D eigenvalue weighted by Gasteiger charge is -2.28. The van der Waals surface area contributed by atoms with Crippen LogP contribution >= 0.6 is 0 Å². The van der Waals surface area contributed by atoms with Crippen molar-refractivity contribution in [1.29, 1.82) is 0 Å². The third-order valence-corrected chi connectivity index (χ3v) is 6.67. The van der Waals surface area contributed by atoms with Crippen molar-refractivity contribution in [2.45, 2.75) is 42.5 Å². The Morgan fingerprint density at radius 2 is 1.61 bits per heavy atom. The Morgan fingerprint density at radius 1 is 1.03 bits per heavy atom. The van der Waals surface area contributed by atoms with Gasteiger partial charge in [0, 0.05) is 11.8 Å². The molecule has 0 saturated carbocycles. The van der Waals surface area contributed by atoms with Crippen molar-refractivity contribution in [3.8, 4) is 5.75 Å². The number of alkyl halides is 6. The number of urea groups is 1. The maximum Gasteiger partial charge on any atom is 0.501 e. The number of ether oxygens (including phenoxy) is 1. The highest BCUT2D eigenvalue weighted by molar-refractivity contribution is 7.92. The van der Waals surface area contributed by atoms with Crippen LogP contribution in [0.15, 0.2) is 47.6 Å². The second-order valence-electron chi connectivity index (χ2n) is 7.88. The van der Waals surface area contributed by atoms with Gasteiger partial charge < -0.3 is 9.64 Å². The standard InChI is InChI=1S/C20H15F6N3O6S/c1-18(2)15(30)29(12-3-5-13(6-4-12)36(33,34)20(24,25)26)17(32)28(18)10-11-7-8-27-9-14(11)35-16(31)19(21,22)23/h3-9H,10H2,1-2H3. The van der Waals surface area contributed by atoms with Gasteiger partial charge >= 0.3 is 23.7 Å². The maximum absolute atomic E-state index is 13.1. The molecule has 1 aliphatic rings. The van der Waals surface area contributed by atoms with E-state index < -0.39 is 62.2 Å². The monoisotopic (exact) mass is 539 g/mol. The van der Waals surface area contributed by atoms with E-state index in [1.54, 1.807) is 0 Å². The van der Waals surface area contributed by atoms with Crippen LogP contribution in [0.1, 0.15) is 19.4 Å². The number of esters is 1. The number of carbonyl (C=O) groups excluding carboxylic acids is 3. The van der Waals surface area contributed by atoms with Crippen LogP contribution in [-0.2, 0) is 26.0 Å². The molecule has 2 heterocycles. The molecule has 9 nitrogen and oxygen atoms in total. The fourth-order valence-electron chi connectivity index (χ4n) is 3.20. The Kier molecular flexibility index (Phi) is 6.55. The summed E-state index contributed by atoms with van der Waals surface area (Å²) in [6, 6.07) is 2.96. The molecule has 0 bridgehead atoms. The lowest BCUT2D eigenvalue weighted by atomic mass is 10.0. The summed E-state index contributed by atoms with van der Waals surface area (Å²) in [4.78, 5) is 41.3. The van der Waals surface area contributed by atoms with E-state index in [0.717, 1.165) is 35.5 Å². The third-order valence-electron chi connectivity index (χ3n) is 5.17. The van der Waals surface area contributed by atoms with Crippen molar-refractivity contribution in [3.63, 3.8) is 0 Å². The molecule has 16 heteroatoms. The number of carbonyl (C=O) groups is 3. The molecule has 0 radical (unpaired) electrons. The fourth-order valence-corrected chi connectivity index (χ4v) is 3.96. The fraction of sp³-hybridized carbons (Fsp3) is 0.300. The van der Waals surface area contributed by atoms with Gasteiger partial charge in [0.2, 0.25) is 0 Å². The number of pyridine rings is 1. The summed E-state index contributed by atoms with van der Waals surface area (Å²) < 4.78 is 104. The number of nitrogens with zero attached hydrogens (tertiary/aromatic N) is 3. The normalized spacial score (nSPS) is 16.4. The van der Waals surface area contributed by atoms with Crippen LogP contribution in [0.2, 0.25) is 0 Å². The van der Waals surface area contributed by atoms with Gasteiger partial charge in [0.05, 0.1) is 23.3 Å². The Hall–Kier alpha value is -3.69. The van der Waals surface area contributed by atoms with Gasteiger partial charge in [-0.05, 0) is 44.2 Å². The van der Waals surface area contributed by atoms with E-state index in [1.807, 2.05) is 0 Å². The minimum Gasteiger partial charge on any atom is -0.418 e. The number of aromatic nitrogens is 1. The number of hydrogen-bond acceptors (Lipinski definition) is 7. The molecule has 1 aromatic carbocycles. The van der Waals surface area contributed by atoms with Gasteiger partial charge in [-0.25, -0.2) is 22.9 Å². The molecule has 1 aromatic heterocycles. The number of hydrogen-bond donors (Lipinski definition) is 0. The summed E-state index contributed by atoms with van der Waals surface area (Å²) in [5.74, 6) is -4.01. The quantitative estimate of drug-likeness (QED) is 0.324. The number of halogens is 6. The van der Waals surface area contributed by atoms with Gasteiger partial charge in [0.25, 0.3) is 15.7 Å². The number of imide groups is 1. The first-order valence-electron chi connectivity index (χ1n) is 9.68. The Morgan fingerprint density at radius 3 is 2.14 bits per heavy atom. The first-order chi connectivity index (χ1) is 16.4. The summed E-state index contributed by atoms with van der Waals surface area (Å²) in [5, 5.41) is 0. The molecule has 3 amide bonds. The summed E-state index contributed by atoms with van der Waals surface area (Å²) >= 11 is 0. The number of sulfone groups is 1. The van der Waals surface area contributed by atoms with Crippen molar-refractivity contribution < 1.29 is 53.9 Å². The van der Waals surface area contributed by atoms with Gasteiger partial charge in [-0.2, -0.15) is 26.3 Å². The molecular weight excluding hydrogens is 524 g/mol. The number of amides is 3. The third kappa shape index (κ3) is 4.72. The lowest BCUT2D eigenvalue weighted by molar-refractivity contribution is -0.189. The van der Waals surface area contributed by atoms with Gasteiger partial charge in [0.15, 0.2) is 5.75 Å². The number of anilines is 1. The molecule has 1 saturated heterocycles. The van der Waals surface area contributed by atoms with E-state index in [0.29, 0.717) is 17.0 Å². The highest BCUT2D eigenvalue weighted by atomic mass is 32.2. The SMILES string of the molecule is CC1(C)C(=O)N(c2ccc(S(=O)(=O)C(F)(F)F)cc2)C(=O)N1Cc1ccncc1OC(=O)C(F)(F)F. The zero-order valence-electron chi connectivity index (χ0n) is 18.2. The second-order valence-corrected chi connectivity index (χ2v) is 9.82. The molecule has 2 aromatic rings. The lowest BCUT2D eigenvalue weighted by Crippen LogP contribution is -2.43. The van der Waals surface area contributed by atoms with E-state index in [9.17, 15) is 49.1 Å². The first kappa shape index (κ1) is 26.9. The zero-order chi connectivity index (χ0) is 27.3. The van der Waals surface area contributed by atoms with E-state index in [4.69, 9.17) is 0 Å². The van der Waals surface area contributed by atoms with Gasteiger partial charge in [0.1, 0.15) is 5.54 Å². The Labute approximate surface area is 199 Å². The van der Waals surface area contributed by atoms with Crippen molar-refractivity contribution in [2.24, 2.45) is 0 Å². The topological polar surface area (TPSA) is 114 Å².